The van der Waals surface area contributed by atoms with Crippen LogP contribution in [-0.2, 0) is 0 Å². The van der Waals surface area contributed by atoms with Gasteiger partial charge in [0.05, 0.1) is 18.1 Å². The quantitative estimate of drug-likeness (QED) is 0.553. The molecule has 3 heteroatoms. The van der Waals surface area contributed by atoms with Crippen LogP contribution in [0.2, 0.25) is 0 Å². The van der Waals surface area contributed by atoms with Crippen molar-refractivity contribution in [1.29, 1.82) is 0 Å². The van der Waals surface area contributed by atoms with Crippen LogP contribution in [0.15, 0.2) is 0 Å². The molecular formula is C5H11ClO2. The molecule has 0 aromatic rings. The van der Waals surface area contributed by atoms with E-state index >= 15 is 0 Å². The van der Waals surface area contributed by atoms with Crippen LogP contribution < -0.4 is 0 Å². The minimum absolute atomic E-state index is 0.106. The van der Waals surface area contributed by atoms with E-state index in [1.807, 2.05) is 0 Å². The van der Waals surface area contributed by atoms with Crippen LogP contribution in [0.25, 0.3) is 0 Å². The number of aliphatic hydroxyl groups excluding tert-OH is 2. The van der Waals surface area contributed by atoms with E-state index < -0.39 is 12.2 Å². The lowest BCUT2D eigenvalue weighted by atomic mass is 10.2. The van der Waals surface area contributed by atoms with Crippen molar-refractivity contribution in [3.8, 4) is 0 Å². The summed E-state index contributed by atoms with van der Waals surface area (Å²) in [6.45, 7) is 1.79. The van der Waals surface area contributed by atoms with Gasteiger partial charge in [-0.15, -0.1) is 11.6 Å². The van der Waals surface area contributed by atoms with Crippen molar-refractivity contribution in [2.45, 2.75) is 25.6 Å². The zero-order valence-corrected chi connectivity index (χ0v) is 5.60. The first-order valence-electron chi connectivity index (χ1n) is 2.64. The van der Waals surface area contributed by atoms with Crippen LogP contribution in [0, 0.1) is 0 Å². The van der Waals surface area contributed by atoms with Gasteiger partial charge in [0.15, 0.2) is 0 Å². The lowest BCUT2D eigenvalue weighted by molar-refractivity contribution is 0.0315. The Morgan fingerprint density at radius 3 is 2.00 bits per heavy atom. The molecule has 0 aliphatic rings. The van der Waals surface area contributed by atoms with Crippen LogP contribution >= 0.6 is 11.6 Å². The first kappa shape index (κ1) is 8.21. The first-order valence-corrected chi connectivity index (χ1v) is 3.18. The minimum atomic E-state index is -0.762. The van der Waals surface area contributed by atoms with E-state index in [1.54, 1.807) is 6.92 Å². The Kier molecular flexibility index (Phi) is 4.23. The normalized spacial score (nSPS) is 18.0. The Morgan fingerprint density at radius 1 is 1.38 bits per heavy atom. The summed E-state index contributed by atoms with van der Waals surface area (Å²) in [7, 11) is 0. The van der Waals surface area contributed by atoms with Crippen molar-refractivity contribution in [2.24, 2.45) is 0 Å². The van der Waals surface area contributed by atoms with Crippen LogP contribution in [0.1, 0.15) is 13.3 Å². The van der Waals surface area contributed by atoms with Crippen molar-refractivity contribution in [3.63, 3.8) is 0 Å². The van der Waals surface area contributed by atoms with Gasteiger partial charge in [-0.2, -0.15) is 0 Å². The molecule has 0 fully saturated rings. The number of hydrogen-bond acceptors (Lipinski definition) is 2. The average Bonchev–Trinajstić information content (AvgIpc) is 1.84. The van der Waals surface area contributed by atoms with Crippen molar-refractivity contribution >= 4 is 11.6 Å². The van der Waals surface area contributed by atoms with E-state index in [1.165, 1.54) is 0 Å². The second-order valence-corrected chi connectivity index (χ2v) is 2.01. The molecule has 0 aromatic carbocycles. The van der Waals surface area contributed by atoms with Crippen LogP contribution in [-0.4, -0.2) is 28.3 Å². The Bertz CT molecular complexity index is 50.4. The van der Waals surface area contributed by atoms with E-state index in [2.05, 4.69) is 0 Å². The van der Waals surface area contributed by atoms with Gasteiger partial charge in [-0.25, -0.2) is 0 Å². The van der Waals surface area contributed by atoms with Gasteiger partial charge in [0, 0.05) is 0 Å². The molecule has 2 nitrogen and oxygen atoms in total. The highest BCUT2D eigenvalue weighted by molar-refractivity contribution is 6.18. The monoisotopic (exact) mass is 138 g/mol. The molecule has 0 bridgehead atoms. The summed E-state index contributed by atoms with van der Waals surface area (Å²) in [5, 5.41) is 17.5. The Hall–Kier alpha value is 0.210. The predicted octanol–water partition coefficient (Wildman–Crippen LogP) is 0.357. The summed E-state index contributed by atoms with van der Waals surface area (Å²) in [6.07, 6.45) is -0.873. The fourth-order valence-electron chi connectivity index (χ4n) is 0.375. The highest BCUT2D eigenvalue weighted by Gasteiger charge is 2.10. The maximum atomic E-state index is 8.79. The van der Waals surface area contributed by atoms with Gasteiger partial charge in [-0.05, 0) is 6.42 Å². The van der Waals surface area contributed by atoms with Crippen molar-refractivity contribution in [3.05, 3.63) is 0 Å². The highest BCUT2D eigenvalue weighted by Crippen LogP contribution is 1.98. The van der Waals surface area contributed by atoms with Gasteiger partial charge in [-0.1, -0.05) is 6.92 Å². The molecule has 50 valence electrons. The lowest BCUT2D eigenvalue weighted by Crippen LogP contribution is -2.26. The number of aliphatic hydroxyl groups is 2. The Balaban J connectivity index is 3.29. The molecular weight excluding hydrogens is 128 g/mol. The molecule has 2 atom stereocenters. The maximum absolute atomic E-state index is 8.79. The summed E-state index contributed by atoms with van der Waals surface area (Å²) < 4.78 is 0. The zero-order valence-electron chi connectivity index (χ0n) is 4.84. The summed E-state index contributed by atoms with van der Waals surface area (Å²) in [5.41, 5.74) is 0. The van der Waals surface area contributed by atoms with Crippen LogP contribution in [0.3, 0.4) is 0 Å². The second kappa shape index (κ2) is 4.13. The molecule has 0 spiro atoms. The van der Waals surface area contributed by atoms with Gasteiger partial charge in [0.2, 0.25) is 0 Å². The summed E-state index contributed by atoms with van der Waals surface area (Å²) >= 11 is 5.22. The fourth-order valence-corrected chi connectivity index (χ4v) is 0.581. The summed E-state index contributed by atoms with van der Waals surface area (Å²) in [5.74, 6) is 0.106. The molecule has 0 radical (unpaired) electrons. The van der Waals surface area contributed by atoms with E-state index in [9.17, 15) is 0 Å². The Morgan fingerprint density at radius 2 is 1.88 bits per heavy atom. The topological polar surface area (TPSA) is 40.5 Å². The molecule has 0 saturated heterocycles. The molecule has 0 aliphatic carbocycles. The molecule has 0 amide bonds. The van der Waals surface area contributed by atoms with Crippen molar-refractivity contribution in [1.82, 2.24) is 0 Å². The summed E-state index contributed by atoms with van der Waals surface area (Å²) in [4.78, 5) is 0. The smallest absolute Gasteiger partial charge is 0.0933 e. The van der Waals surface area contributed by atoms with Crippen LogP contribution in [0.5, 0.6) is 0 Å². The third-order valence-corrected chi connectivity index (χ3v) is 1.34. The molecule has 0 heterocycles. The highest BCUT2D eigenvalue weighted by atomic mass is 35.5. The first-order chi connectivity index (χ1) is 3.72. The van der Waals surface area contributed by atoms with Crippen molar-refractivity contribution < 1.29 is 10.2 Å². The summed E-state index contributed by atoms with van der Waals surface area (Å²) in [6, 6.07) is 0. The molecule has 2 N–H and O–H groups in total. The maximum Gasteiger partial charge on any atom is 0.0933 e. The molecule has 0 saturated carbocycles. The largest absolute Gasteiger partial charge is 0.390 e. The van der Waals surface area contributed by atoms with Crippen LogP contribution in [0.4, 0.5) is 0 Å². The molecule has 0 aliphatic heterocycles. The number of hydrogen-bond donors (Lipinski definition) is 2. The van der Waals surface area contributed by atoms with E-state index in [4.69, 9.17) is 21.8 Å². The Labute approximate surface area is 54.1 Å². The standard InChI is InChI=1S/C5H11ClO2/c1-2-4(7)5(8)3-6/h4-5,7-8H,2-3H2,1H3. The third kappa shape index (κ3) is 2.50. The van der Waals surface area contributed by atoms with Crippen molar-refractivity contribution in [2.75, 3.05) is 5.88 Å². The predicted molar refractivity (Wildman–Crippen MR) is 33.0 cm³/mol. The number of alkyl halides is 1. The third-order valence-electron chi connectivity index (χ3n) is 1.02. The molecule has 8 heavy (non-hydrogen) atoms. The minimum Gasteiger partial charge on any atom is -0.390 e. The second-order valence-electron chi connectivity index (χ2n) is 1.70. The van der Waals surface area contributed by atoms with Gasteiger partial charge >= 0.3 is 0 Å². The van der Waals surface area contributed by atoms with Gasteiger partial charge < -0.3 is 10.2 Å². The fraction of sp³-hybridized carbons (Fsp3) is 1.00. The van der Waals surface area contributed by atoms with E-state index in [0.717, 1.165) is 0 Å². The lowest BCUT2D eigenvalue weighted by Gasteiger charge is -2.11. The number of halogens is 1. The number of rotatable bonds is 3. The SMILES string of the molecule is CCC(O)C(O)CCl. The van der Waals surface area contributed by atoms with Gasteiger partial charge in [0.25, 0.3) is 0 Å². The molecule has 0 aromatic heterocycles. The van der Waals surface area contributed by atoms with E-state index in [0.29, 0.717) is 6.42 Å². The molecule has 0 rings (SSSR count). The molecule has 2 unspecified atom stereocenters. The van der Waals surface area contributed by atoms with Gasteiger partial charge in [-0.3, -0.25) is 0 Å². The average molecular weight is 139 g/mol. The van der Waals surface area contributed by atoms with E-state index in [-0.39, 0.29) is 5.88 Å². The zero-order chi connectivity index (χ0) is 6.57. The van der Waals surface area contributed by atoms with Gasteiger partial charge in [0.1, 0.15) is 0 Å².